The fraction of sp³-hybridized carbons (Fsp3) is 0.636. The van der Waals surface area contributed by atoms with Gasteiger partial charge in [-0.3, -0.25) is 9.48 Å². The van der Waals surface area contributed by atoms with E-state index in [2.05, 4.69) is 12.0 Å². The molecule has 1 aliphatic carbocycles. The number of carbonyl (C=O) groups excluding carboxylic acids is 1. The van der Waals surface area contributed by atoms with Crippen molar-refractivity contribution < 1.29 is 4.79 Å². The summed E-state index contributed by atoms with van der Waals surface area (Å²) in [5, 5.41) is 4.18. The summed E-state index contributed by atoms with van der Waals surface area (Å²) in [5.74, 6) is 0.236. The van der Waals surface area contributed by atoms with Gasteiger partial charge in [-0.25, -0.2) is 0 Å². The van der Waals surface area contributed by atoms with E-state index in [1.165, 1.54) is 12.8 Å². The number of primary amides is 1. The number of carbonyl (C=O) groups is 1. The lowest BCUT2D eigenvalue weighted by Crippen LogP contribution is -2.18. The van der Waals surface area contributed by atoms with Gasteiger partial charge in [0.15, 0.2) is 5.69 Å². The van der Waals surface area contributed by atoms with E-state index in [0.29, 0.717) is 11.7 Å². The van der Waals surface area contributed by atoms with E-state index in [1.807, 2.05) is 0 Å². The molecule has 0 saturated heterocycles. The summed E-state index contributed by atoms with van der Waals surface area (Å²) in [6.45, 7) is 2.27. The summed E-state index contributed by atoms with van der Waals surface area (Å²) < 4.78 is 1.81. The predicted molar refractivity (Wildman–Crippen MR) is 61.8 cm³/mol. The maximum absolute atomic E-state index is 11.0. The smallest absolute Gasteiger partial charge is 0.271 e. The van der Waals surface area contributed by atoms with Crippen molar-refractivity contribution in [2.75, 3.05) is 5.73 Å². The van der Waals surface area contributed by atoms with Crippen molar-refractivity contribution in [3.8, 4) is 0 Å². The number of anilines is 1. The number of nitrogens with two attached hydrogens (primary N) is 2. The molecule has 5 heteroatoms. The van der Waals surface area contributed by atoms with Gasteiger partial charge < -0.3 is 11.5 Å². The molecule has 0 unspecified atom stereocenters. The zero-order chi connectivity index (χ0) is 11.7. The minimum absolute atomic E-state index is 0.193. The van der Waals surface area contributed by atoms with Crippen molar-refractivity contribution >= 4 is 11.6 Å². The van der Waals surface area contributed by atoms with Crippen LogP contribution in [0.25, 0.3) is 0 Å². The van der Waals surface area contributed by atoms with Crippen molar-refractivity contribution in [2.24, 2.45) is 11.7 Å². The molecule has 1 aromatic rings. The van der Waals surface area contributed by atoms with Gasteiger partial charge in [0.2, 0.25) is 0 Å². The van der Waals surface area contributed by atoms with Gasteiger partial charge in [-0.1, -0.05) is 6.92 Å². The highest BCUT2D eigenvalue weighted by molar-refractivity contribution is 5.95. The summed E-state index contributed by atoms with van der Waals surface area (Å²) in [6.07, 6.45) is 6.33. The number of nitrogen functional groups attached to an aromatic ring is 1. The van der Waals surface area contributed by atoms with Gasteiger partial charge in [0.25, 0.3) is 5.91 Å². The average molecular weight is 222 g/mol. The lowest BCUT2D eigenvalue weighted by atomic mass is 9.87. The highest BCUT2D eigenvalue weighted by atomic mass is 16.1. The molecule has 4 N–H and O–H groups in total. The Balaban J connectivity index is 2.15. The third kappa shape index (κ3) is 2.03. The van der Waals surface area contributed by atoms with Crippen LogP contribution < -0.4 is 11.5 Å². The van der Waals surface area contributed by atoms with Crippen molar-refractivity contribution in [3.05, 3.63) is 11.9 Å². The van der Waals surface area contributed by atoms with Gasteiger partial charge in [0, 0.05) is 6.20 Å². The quantitative estimate of drug-likeness (QED) is 0.791. The zero-order valence-corrected chi connectivity index (χ0v) is 9.52. The minimum atomic E-state index is -0.555. The van der Waals surface area contributed by atoms with Crippen molar-refractivity contribution in [2.45, 2.75) is 38.6 Å². The third-order valence-corrected chi connectivity index (χ3v) is 3.35. The summed E-state index contributed by atoms with van der Waals surface area (Å²) in [5.41, 5.74) is 11.5. The maximum atomic E-state index is 11.0. The molecule has 1 heterocycles. The standard InChI is InChI=1S/C11H18N4O/c1-7-2-4-8(5-3-7)15-6-9(12)10(14-15)11(13)16/h6-8H,2-5,12H2,1H3,(H2,13,16). The fourth-order valence-corrected chi connectivity index (χ4v) is 2.29. The monoisotopic (exact) mass is 222 g/mol. The first-order chi connectivity index (χ1) is 7.58. The van der Waals surface area contributed by atoms with Crippen LogP contribution in [0.5, 0.6) is 0 Å². The summed E-state index contributed by atoms with van der Waals surface area (Å²) in [4.78, 5) is 11.0. The molecule has 1 saturated carbocycles. The molecule has 0 radical (unpaired) electrons. The van der Waals surface area contributed by atoms with E-state index >= 15 is 0 Å². The molecule has 88 valence electrons. The highest BCUT2D eigenvalue weighted by Gasteiger charge is 2.22. The van der Waals surface area contributed by atoms with Crippen LogP contribution in [0.1, 0.15) is 49.1 Å². The summed E-state index contributed by atoms with van der Waals surface area (Å²) >= 11 is 0. The lowest BCUT2D eigenvalue weighted by molar-refractivity contribution is 0.0995. The van der Waals surface area contributed by atoms with Crippen LogP contribution in [0.15, 0.2) is 6.20 Å². The van der Waals surface area contributed by atoms with E-state index in [4.69, 9.17) is 11.5 Å². The third-order valence-electron chi connectivity index (χ3n) is 3.35. The van der Waals surface area contributed by atoms with Crippen LogP contribution in [-0.4, -0.2) is 15.7 Å². The first kappa shape index (κ1) is 11.0. The number of aromatic nitrogens is 2. The van der Waals surface area contributed by atoms with Crippen molar-refractivity contribution in [1.29, 1.82) is 0 Å². The Morgan fingerprint density at radius 2 is 2.06 bits per heavy atom. The van der Waals surface area contributed by atoms with Gasteiger partial charge in [0.1, 0.15) is 0 Å². The highest BCUT2D eigenvalue weighted by Crippen LogP contribution is 2.32. The van der Waals surface area contributed by atoms with Crippen LogP contribution in [0.3, 0.4) is 0 Å². The molecule has 2 rings (SSSR count). The van der Waals surface area contributed by atoms with Crippen LogP contribution in [0.4, 0.5) is 5.69 Å². The molecule has 1 amide bonds. The molecule has 5 nitrogen and oxygen atoms in total. The second-order valence-corrected chi connectivity index (χ2v) is 4.69. The normalized spacial score (nSPS) is 25.6. The molecule has 1 aromatic heterocycles. The van der Waals surface area contributed by atoms with Gasteiger partial charge in [0.05, 0.1) is 11.7 Å². The Labute approximate surface area is 94.8 Å². The van der Waals surface area contributed by atoms with Crippen molar-refractivity contribution in [1.82, 2.24) is 9.78 Å². The number of hydrogen-bond acceptors (Lipinski definition) is 3. The molecule has 0 spiro atoms. The Morgan fingerprint density at radius 3 is 2.56 bits per heavy atom. The second kappa shape index (κ2) is 4.15. The average Bonchev–Trinajstić information content (AvgIpc) is 2.61. The first-order valence-electron chi connectivity index (χ1n) is 5.72. The Bertz CT molecular complexity index is 391. The van der Waals surface area contributed by atoms with Crippen LogP contribution in [-0.2, 0) is 0 Å². The molecule has 0 aromatic carbocycles. The second-order valence-electron chi connectivity index (χ2n) is 4.69. The SMILES string of the molecule is CC1CCC(n2cc(N)c(C(N)=O)n2)CC1. The molecule has 1 aliphatic rings. The Morgan fingerprint density at radius 1 is 1.44 bits per heavy atom. The molecule has 16 heavy (non-hydrogen) atoms. The summed E-state index contributed by atoms with van der Waals surface area (Å²) in [6, 6.07) is 0.367. The van der Waals surface area contributed by atoms with E-state index in [0.717, 1.165) is 18.8 Å². The predicted octanol–water partition coefficient (Wildman–Crippen LogP) is 1.32. The number of nitrogens with zero attached hydrogens (tertiary/aromatic N) is 2. The topological polar surface area (TPSA) is 86.9 Å². The molecule has 1 fully saturated rings. The van der Waals surface area contributed by atoms with Gasteiger partial charge in [-0.2, -0.15) is 5.10 Å². The minimum Gasteiger partial charge on any atom is -0.396 e. The largest absolute Gasteiger partial charge is 0.396 e. The number of amides is 1. The molecule has 0 atom stereocenters. The summed E-state index contributed by atoms with van der Waals surface area (Å²) in [7, 11) is 0. The molecule has 0 aliphatic heterocycles. The van der Waals surface area contributed by atoms with E-state index in [-0.39, 0.29) is 5.69 Å². The Kier molecular flexibility index (Phi) is 2.85. The number of rotatable bonds is 2. The zero-order valence-electron chi connectivity index (χ0n) is 9.52. The van der Waals surface area contributed by atoms with Gasteiger partial charge >= 0.3 is 0 Å². The van der Waals surface area contributed by atoms with Crippen LogP contribution >= 0.6 is 0 Å². The van der Waals surface area contributed by atoms with E-state index in [1.54, 1.807) is 10.9 Å². The number of hydrogen-bond donors (Lipinski definition) is 2. The molecular formula is C11H18N4O. The van der Waals surface area contributed by atoms with Crippen LogP contribution in [0, 0.1) is 5.92 Å². The lowest BCUT2D eigenvalue weighted by Gasteiger charge is -2.26. The van der Waals surface area contributed by atoms with E-state index in [9.17, 15) is 4.79 Å². The van der Waals surface area contributed by atoms with Crippen LogP contribution in [0.2, 0.25) is 0 Å². The van der Waals surface area contributed by atoms with Crippen molar-refractivity contribution in [3.63, 3.8) is 0 Å². The fourth-order valence-electron chi connectivity index (χ4n) is 2.29. The first-order valence-corrected chi connectivity index (χ1v) is 5.72. The van der Waals surface area contributed by atoms with Gasteiger partial charge in [-0.15, -0.1) is 0 Å². The Hall–Kier alpha value is -1.52. The molecular weight excluding hydrogens is 204 g/mol. The molecule has 0 bridgehead atoms. The van der Waals surface area contributed by atoms with Gasteiger partial charge in [-0.05, 0) is 31.6 Å². The van der Waals surface area contributed by atoms with E-state index < -0.39 is 5.91 Å². The maximum Gasteiger partial charge on any atom is 0.271 e.